The van der Waals surface area contributed by atoms with Crippen LogP contribution in [0.2, 0.25) is 0 Å². The van der Waals surface area contributed by atoms with Crippen LogP contribution >= 0.6 is 0 Å². The lowest BCUT2D eigenvalue weighted by atomic mass is 10.1. The molecular weight excluding hydrogens is 262 g/mol. The van der Waals surface area contributed by atoms with Gasteiger partial charge in [0.2, 0.25) is 0 Å². The molecule has 4 nitrogen and oxygen atoms in total. The van der Waals surface area contributed by atoms with E-state index < -0.39 is 0 Å². The first-order valence-corrected chi connectivity index (χ1v) is 7.24. The minimum absolute atomic E-state index is 0.0966. The molecule has 21 heavy (non-hydrogen) atoms. The van der Waals surface area contributed by atoms with Gasteiger partial charge < -0.3 is 9.67 Å². The maximum atomic E-state index is 9.29. The molecule has 0 aliphatic heterocycles. The summed E-state index contributed by atoms with van der Waals surface area (Å²) in [4.78, 5) is 9.16. The van der Waals surface area contributed by atoms with E-state index in [1.165, 1.54) is 5.56 Å². The highest BCUT2D eigenvalue weighted by molar-refractivity contribution is 5.72. The number of pyridine rings is 1. The molecule has 4 heteroatoms. The van der Waals surface area contributed by atoms with Crippen LogP contribution in [0, 0.1) is 6.92 Å². The number of hydrogen-bond donors (Lipinski definition) is 1. The Kier molecular flexibility index (Phi) is 3.97. The number of aliphatic hydroxyl groups is 1. The van der Waals surface area contributed by atoms with E-state index in [0.29, 0.717) is 6.54 Å². The number of benzene rings is 1. The van der Waals surface area contributed by atoms with Gasteiger partial charge in [0, 0.05) is 19.2 Å². The van der Waals surface area contributed by atoms with Crippen LogP contribution in [-0.4, -0.2) is 26.2 Å². The Morgan fingerprint density at radius 2 is 1.95 bits per heavy atom. The van der Waals surface area contributed by atoms with Crippen LogP contribution in [0.4, 0.5) is 0 Å². The second-order valence-electron chi connectivity index (χ2n) is 5.24. The van der Waals surface area contributed by atoms with Gasteiger partial charge in [-0.05, 0) is 30.5 Å². The Morgan fingerprint density at radius 1 is 1.14 bits per heavy atom. The largest absolute Gasteiger partial charge is 0.395 e. The van der Waals surface area contributed by atoms with Crippen molar-refractivity contribution in [1.29, 1.82) is 0 Å². The molecule has 0 aliphatic carbocycles. The first kappa shape index (κ1) is 13.8. The van der Waals surface area contributed by atoms with Crippen LogP contribution in [0.3, 0.4) is 0 Å². The first-order valence-electron chi connectivity index (χ1n) is 7.24. The van der Waals surface area contributed by atoms with Crippen molar-refractivity contribution >= 4 is 11.2 Å². The van der Waals surface area contributed by atoms with Crippen molar-refractivity contribution in [3.63, 3.8) is 0 Å². The third kappa shape index (κ3) is 2.95. The molecule has 0 unspecified atom stereocenters. The topological polar surface area (TPSA) is 50.9 Å². The highest BCUT2D eigenvalue weighted by Crippen LogP contribution is 2.17. The van der Waals surface area contributed by atoms with Crippen LogP contribution in [-0.2, 0) is 19.4 Å². The van der Waals surface area contributed by atoms with Gasteiger partial charge in [-0.15, -0.1) is 0 Å². The van der Waals surface area contributed by atoms with Crippen molar-refractivity contribution in [2.24, 2.45) is 0 Å². The Hall–Kier alpha value is -2.20. The summed E-state index contributed by atoms with van der Waals surface area (Å²) in [6, 6.07) is 12.4. The average Bonchev–Trinajstić information content (AvgIpc) is 2.84. The lowest BCUT2D eigenvalue weighted by molar-refractivity contribution is 0.275. The summed E-state index contributed by atoms with van der Waals surface area (Å²) < 4.78 is 2.03. The third-order valence-electron chi connectivity index (χ3n) is 3.60. The molecule has 1 aromatic carbocycles. The summed E-state index contributed by atoms with van der Waals surface area (Å²) in [5.74, 6) is 0.987. The van der Waals surface area contributed by atoms with Gasteiger partial charge in [-0.25, -0.2) is 9.97 Å². The van der Waals surface area contributed by atoms with Crippen LogP contribution < -0.4 is 0 Å². The molecule has 0 saturated heterocycles. The SMILES string of the molecule is Cc1cnc2c(c1)nc(CCc1ccccc1)n2CCO. The average molecular weight is 281 g/mol. The fourth-order valence-electron chi connectivity index (χ4n) is 2.59. The second-order valence-corrected chi connectivity index (χ2v) is 5.24. The normalized spacial score (nSPS) is 11.1. The molecule has 0 bridgehead atoms. The number of hydrogen-bond acceptors (Lipinski definition) is 3. The zero-order valence-electron chi connectivity index (χ0n) is 12.2. The van der Waals surface area contributed by atoms with E-state index in [4.69, 9.17) is 4.98 Å². The summed E-state index contributed by atoms with van der Waals surface area (Å²) in [5.41, 5.74) is 4.17. The molecule has 108 valence electrons. The van der Waals surface area contributed by atoms with Crippen LogP contribution in [0.15, 0.2) is 42.6 Å². The summed E-state index contributed by atoms with van der Waals surface area (Å²) in [5, 5.41) is 9.29. The molecule has 0 fully saturated rings. The number of aromatic nitrogens is 3. The van der Waals surface area contributed by atoms with E-state index in [0.717, 1.165) is 35.4 Å². The summed E-state index contributed by atoms with van der Waals surface area (Å²) in [7, 11) is 0. The molecule has 0 amide bonds. The molecule has 2 aromatic heterocycles. The third-order valence-corrected chi connectivity index (χ3v) is 3.60. The van der Waals surface area contributed by atoms with Crippen molar-refractivity contribution < 1.29 is 5.11 Å². The van der Waals surface area contributed by atoms with Crippen molar-refractivity contribution in [3.8, 4) is 0 Å². The molecule has 0 radical (unpaired) electrons. The maximum absolute atomic E-state index is 9.29. The Bertz CT molecular complexity index is 734. The fourth-order valence-corrected chi connectivity index (χ4v) is 2.59. The maximum Gasteiger partial charge on any atom is 0.160 e. The highest BCUT2D eigenvalue weighted by Gasteiger charge is 2.11. The summed E-state index contributed by atoms with van der Waals surface area (Å²) in [6.07, 6.45) is 3.63. The van der Waals surface area contributed by atoms with Gasteiger partial charge in [0.15, 0.2) is 5.65 Å². The lowest BCUT2D eigenvalue weighted by Gasteiger charge is -2.06. The Labute approximate surface area is 124 Å². The standard InChI is InChI=1S/C17H19N3O/c1-13-11-15-17(18-12-13)20(9-10-21)16(19-15)8-7-14-5-3-2-4-6-14/h2-6,11-12,21H,7-10H2,1H3. The van der Waals surface area contributed by atoms with E-state index in [-0.39, 0.29) is 6.61 Å². The Balaban J connectivity index is 1.91. The van der Waals surface area contributed by atoms with Gasteiger partial charge in [0.1, 0.15) is 11.3 Å². The lowest BCUT2D eigenvalue weighted by Crippen LogP contribution is -2.08. The fraction of sp³-hybridized carbons (Fsp3) is 0.294. The second kappa shape index (κ2) is 6.06. The monoisotopic (exact) mass is 281 g/mol. The molecule has 3 rings (SSSR count). The number of aliphatic hydroxyl groups excluding tert-OH is 1. The van der Waals surface area contributed by atoms with Gasteiger partial charge in [-0.3, -0.25) is 0 Å². The zero-order valence-corrected chi connectivity index (χ0v) is 12.2. The minimum Gasteiger partial charge on any atom is -0.395 e. The van der Waals surface area contributed by atoms with Gasteiger partial charge in [0.25, 0.3) is 0 Å². The molecular formula is C17H19N3O. The number of rotatable bonds is 5. The summed E-state index contributed by atoms with van der Waals surface area (Å²) >= 11 is 0. The van der Waals surface area contributed by atoms with Crippen molar-refractivity contribution in [3.05, 3.63) is 59.5 Å². The molecule has 0 atom stereocenters. The van der Waals surface area contributed by atoms with Crippen LogP contribution in [0.5, 0.6) is 0 Å². The van der Waals surface area contributed by atoms with Crippen LogP contribution in [0.25, 0.3) is 11.2 Å². The smallest absolute Gasteiger partial charge is 0.160 e. The quantitative estimate of drug-likeness (QED) is 0.782. The first-order chi connectivity index (χ1) is 10.3. The number of imidazole rings is 1. The van der Waals surface area contributed by atoms with Gasteiger partial charge in [-0.2, -0.15) is 0 Å². The number of fused-ring (bicyclic) bond motifs is 1. The van der Waals surface area contributed by atoms with E-state index in [1.54, 1.807) is 0 Å². The van der Waals surface area contributed by atoms with Gasteiger partial charge in [-0.1, -0.05) is 30.3 Å². The molecule has 1 N–H and O–H groups in total. The minimum atomic E-state index is 0.0966. The van der Waals surface area contributed by atoms with E-state index in [1.807, 2.05) is 29.8 Å². The molecule has 0 saturated carbocycles. The van der Waals surface area contributed by atoms with Crippen molar-refractivity contribution in [1.82, 2.24) is 14.5 Å². The predicted molar refractivity (Wildman–Crippen MR) is 83.2 cm³/mol. The van der Waals surface area contributed by atoms with Gasteiger partial charge >= 0.3 is 0 Å². The van der Waals surface area contributed by atoms with E-state index in [9.17, 15) is 5.11 Å². The number of aryl methyl sites for hydroxylation is 3. The number of nitrogens with zero attached hydrogens (tertiary/aromatic N) is 3. The van der Waals surface area contributed by atoms with Crippen LogP contribution in [0.1, 0.15) is 17.0 Å². The van der Waals surface area contributed by atoms with E-state index >= 15 is 0 Å². The van der Waals surface area contributed by atoms with Crippen molar-refractivity contribution in [2.75, 3.05) is 6.61 Å². The zero-order chi connectivity index (χ0) is 14.7. The van der Waals surface area contributed by atoms with Gasteiger partial charge in [0.05, 0.1) is 6.61 Å². The Morgan fingerprint density at radius 3 is 2.71 bits per heavy atom. The summed E-state index contributed by atoms with van der Waals surface area (Å²) in [6.45, 7) is 2.65. The van der Waals surface area contributed by atoms with Crippen molar-refractivity contribution in [2.45, 2.75) is 26.3 Å². The predicted octanol–water partition coefficient (Wildman–Crippen LogP) is 2.52. The molecule has 3 aromatic rings. The van der Waals surface area contributed by atoms with E-state index in [2.05, 4.69) is 29.2 Å². The molecule has 0 aliphatic rings. The highest BCUT2D eigenvalue weighted by atomic mass is 16.3. The molecule has 0 spiro atoms. The molecule has 2 heterocycles.